The van der Waals surface area contributed by atoms with Crippen molar-refractivity contribution in [2.75, 3.05) is 0 Å². The molecule has 0 unspecified atom stereocenters. The Kier molecular flexibility index (Phi) is 3.54. The summed E-state index contributed by atoms with van der Waals surface area (Å²) in [6.45, 7) is 0. The van der Waals surface area contributed by atoms with Crippen LogP contribution in [0.5, 0.6) is 0 Å². The van der Waals surface area contributed by atoms with Crippen LogP contribution in [0.2, 0.25) is 0 Å². The Balaban J connectivity index is 3.01. The zero-order valence-electron chi connectivity index (χ0n) is 8.20. The van der Waals surface area contributed by atoms with Crippen molar-refractivity contribution in [3.05, 3.63) is 45.4 Å². The van der Waals surface area contributed by atoms with Gasteiger partial charge in [-0.25, -0.2) is 0 Å². The molecular weight excluding hydrogens is 214 g/mol. The summed E-state index contributed by atoms with van der Waals surface area (Å²) in [5, 5.41) is 21.5. The minimum absolute atomic E-state index is 0.0368. The first-order valence-electron chi connectivity index (χ1n) is 4.33. The molecule has 84 valence electrons. The molecule has 0 spiro atoms. The van der Waals surface area contributed by atoms with Gasteiger partial charge >= 0.3 is 0 Å². The number of nitrogens with two attached hydrogens (primary N) is 1. The average molecular weight is 223 g/mol. The normalized spacial score (nSPS) is 10.5. The summed E-state index contributed by atoms with van der Waals surface area (Å²) >= 11 is 0. The van der Waals surface area contributed by atoms with Crippen molar-refractivity contribution in [2.24, 2.45) is 5.73 Å². The maximum atomic E-state index is 10.9. The predicted octanol–water partition coefficient (Wildman–Crippen LogP) is 0.117. The van der Waals surface area contributed by atoms with Crippen LogP contribution in [-0.4, -0.2) is 10.8 Å². The Morgan fingerprint density at radius 2 is 2.31 bits per heavy atom. The fourth-order valence-corrected chi connectivity index (χ4v) is 1.08. The highest BCUT2D eigenvalue weighted by molar-refractivity contribution is 5.76. The highest BCUT2D eigenvalue weighted by atomic mass is 16.6. The standard InChI is InChI=1S/C9H9N3O4/c10-9(13)3-1-2-7-6-11(14)5-4-8(7)12(15)16/h1-2,4-6H,3H2,(H2,10,13). The second-order valence-electron chi connectivity index (χ2n) is 2.98. The zero-order valence-corrected chi connectivity index (χ0v) is 8.20. The second-order valence-corrected chi connectivity index (χ2v) is 2.98. The average Bonchev–Trinajstić information content (AvgIpc) is 2.16. The topological polar surface area (TPSA) is 113 Å². The highest BCUT2D eigenvalue weighted by Gasteiger charge is 2.14. The van der Waals surface area contributed by atoms with Crippen molar-refractivity contribution in [3.63, 3.8) is 0 Å². The van der Waals surface area contributed by atoms with Gasteiger partial charge in [-0.1, -0.05) is 6.08 Å². The molecule has 0 atom stereocenters. The summed E-state index contributed by atoms with van der Waals surface area (Å²) in [6.07, 6.45) is 4.73. The van der Waals surface area contributed by atoms with Gasteiger partial charge in [-0.2, -0.15) is 4.73 Å². The van der Waals surface area contributed by atoms with Gasteiger partial charge in [-0.05, 0) is 6.08 Å². The lowest BCUT2D eigenvalue weighted by molar-refractivity contribution is -0.606. The van der Waals surface area contributed by atoms with E-state index >= 15 is 0 Å². The van der Waals surface area contributed by atoms with E-state index in [1.807, 2.05) is 0 Å². The number of hydrogen-bond donors (Lipinski definition) is 1. The molecule has 0 aliphatic heterocycles. The first-order valence-corrected chi connectivity index (χ1v) is 4.33. The van der Waals surface area contributed by atoms with Gasteiger partial charge < -0.3 is 10.9 Å². The molecule has 1 heterocycles. The van der Waals surface area contributed by atoms with Gasteiger partial charge in [0, 0.05) is 6.42 Å². The number of hydrogen-bond acceptors (Lipinski definition) is 4. The Labute approximate surface area is 90.5 Å². The largest absolute Gasteiger partial charge is 0.619 e. The molecule has 0 radical (unpaired) electrons. The monoisotopic (exact) mass is 223 g/mol. The molecule has 0 fully saturated rings. The fraction of sp³-hybridized carbons (Fsp3) is 0.111. The molecule has 1 aromatic rings. The van der Waals surface area contributed by atoms with E-state index in [4.69, 9.17) is 5.73 Å². The van der Waals surface area contributed by atoms with Crippen LogP contribution < -0.4 is 10.5 Å². The van der Waals surface area contributed by atoms with Gasteiger partial charge in [0.1, 0.15) is 5.56 Å². The number of aromatic nitrogens is 1. The van der Waals surface area contributed by atoms with Crippen molar-refractivity contribution in [1.29, 1.82) is 0 Å². The summed E-state index contributed by atoms with van der Waals surface area (Å²) in [4.78, 5) is 20.4. The fourth-order valence-electron chi connectivity index (χ4n) is 1.08. The Hall–Kier alpha value is -2.44. The van der Waals surface area contributed by atoms with Crippen molar-refractivity contribution < 1.29 is 14.4 Å². The van der Waals surface area contributed by atoms with Crippen molar-refractivity contribution in [2.45, 2.75) is 6.42 Å². The molecule has 0 saturated heterocycles. The molecule has 0 saturated carbocycles. The molecule has 0 aliphatic carbocycles. The quantitative estimate of drug-likeness (QED) is 0.338. The summed E-state index contributed by atoms with van der Waals surface area (Å²) in [5.74, 6) is -0.551. The number of carbonyl (C=O) groups is 1. The molecule has 2 N–H and O–H groups in total. The van der Waals surface area contributed by atoms with Crippen LogP contribution in [0, 0.1) is 15.3 Å². The van der Waals surface area contributed by atoms with E-state index in [9.17, 15) is 20.1 Å². The molecule has 16 heavy (non-hydrogen) atoms. The maximum Gasteiger partial charge on any atom is 0.288 e. The lowest BCUT2D eigenvalue weighted by atomic mass is 10.2. The number of rotatable bonds is 4. The molecule has 1 rings (SSSR count). The summed E-state index contributed by atoms with van der Waals surface area (Å²) in [7, 11) is 0. The molecular formula is C9H9N3O4. The van der Waals surface area contributed by atoms with Crippen LogP contribution in [0.1, 0.15) is 12.0 Å². The van der Waals surface area contributed by atoms with Gasteiger partial charge in [-0.3, -0.25) is 14.9 Å². The Morgan fingerprint density at radius 1 is 1.62 bits per heavy atom. The van der Waals surface area contributed by atoms with Gasteiger partial charge in [0.2, 0.25) is 5.91 Å². The number of carbonyl (C=O) groups excluding carboxylic acids is 1. The number of primary amides is 1. The van der Waals surface area contributed by atoms with Crippen molar-refractivity contribution >= 4 is 17.7 Å². The minimum atomic E-state index is -0.607. The van der Waals surface area contributed by atoms with Crippen molar-refractivity contribution in [3.8, 4) is 0 Å². The lowest BCUT2D eigenvalue weighted by Crippen LogP contribution is -2.24. The third kappa shape index (κ3) is 3.05. The first-order chi connectivity index (χ1) is 7.50. The minimum Gasteiger partial charge on any atom is -0.619 e. The van der Waals surface area contributed by atoms with E-state index in [1.165, 1.54) is 12.2 Å². The molecule has 1 amide bonds. The van der Waals surface area contributed by atoms with Crippen LogP contribution >= 0.6 is 0 Å². The lowest BCUT2D eigenvalue weighted by Gasteiger charge is -1.98. The summed E-state index contributed by atoms with van der Waals surface area (Å²) in [5.41, 5.74) is 4.82. The first kappa shape index (κ1) is 11.6. The summed E-state index contributed by atoms with van der Waals surface area (Å²) < 4.78 is 0.441. The van der Waals surface area contributed by atoms with Crippen LogP contribution in [0.3, 0.4) is 0 Å². The molecule has 7 nitrogen and oxygen atoms in total. The van der Waals surface area contributed by atoms with Gasteiger partial charge in [-0.15, -0.1) is 0 Å². The maximum absolute atomic E-state index is 10.9. The van der Waals surface area contributed by atoms with Gasteiger partial charge in [0.15, 0.2) is 12.4 Å². The number of pyridine rings is 1. The van der Waals surface area contributed by atoms with E-state index in [-0.39, 0.29) is 17.7 Å². The van der Waals surface area contributed by atoms with Gasteiger partial charge in [0.05, 0.1) is 11.0 Å². The van der Waals surface area contributed by atoms with Crippen molar-refractivity contribution in [1.82, 2.24) is 0 Å². The Morgan fingerprint density at radius 3 is 2.88 bits per heavy atom. The van der Waals surface area contributed by atoms with Crippen LogP contribution in [-0.2, 0) is 4.79 Å². The molecule has 0 aromatic carbocycles. The van der Waals surface area contributed by atoms with Crippen LogP contribution in [0.25, 0.3) is 6.08 Å². The second kappa shape index (κ2) is 4.87. The molecule has 7 heteroatoms. The van der Waals surface area contributed by atoms with E-state index in [0.717, 1.165) is 18.5 Å². The number of nitrogens with zero attached hydrogens (tertiary/aromatic N) is 2. The zero-order chi connectivity index (χ0) is 12.1. The third-order valence-electron chi connectivity index (χ3n) is 1.75. The Bertz CT molecular complexity index is 456. The SMILES string of the molecule is NC(=O)CC=Cc1c[n+]([O-])ccc1[N+](=O)[O-]. The molecule has 1 aromatic heterocycles. The predicted molar refractivity (Wildman–Crippen MR) is 54.9 cm³/mol. The number of amides is 1. The smallest absolute Gasteiger partial charge is 0.288 e. The third-order valence-corrected chi connectivity index (χ3v) is 1.75. The van der Waals surface area contributed by atoms with Crippen LogP contribution in [0.4, 0.5) is 5.69 Å². The van der Waals surface area contributed by atoms with Crippen LogP contribution in [0.15, 0.2) is 24.5 Å². The molecule has 0 bridgehead atoms. The summed E-state index contributed by atoms with van der Waals surface area (Å²) in [6, 6.07) is 1.09. The molecule has 0 aliphatic rings. The highest BCUT2D eigenvalue weighted by Crippen LogP contribution is 2.17. The number of nitro groups is 1. The van der Waals surface area contributed by atoms with E-state index < -0.39 is 10.8 Å². The van der Waals surface area contributed by atoms with Gasteiger partial charge in [0.25, 0.3) is 5.69 Å². The van der Waals surface area contributed by atoms with E-state index in [1.54, 1.807) is 0 Å². The van der Waals surface area contributed by atoms with E-state index in [0.29, 0.717) is 4.73 Å². The van der Waals surface area contributed by atoms with E-state index in [2.05, 4.69) is 0 Å².